The maximum absolute atomic E-state index is 5.58. The minimum atomic E-state index is 0.678. The Morgan fingerprint density at radius 1 is 1.41 bits per heavy atom. The fraction of sp³-hybridized carbons (Fsp3) is 0.643. The fourth-order valence-electron chi connectivity index (χ4n) is 1.47. The van der Waals surface area contributed by atoms with Crippen LogP contribution in [0.5, 0.6) is 5.88 Å². The highest BCUT2D eigenvalue weighted by atomic mass is 16.5. The molecule has 3 heteroatoms. The summed E-state index contributed by atoms with van der Waals surface area (Å²) in [7, 11) is 0. The summed E-state index contributed by atoms with van der Waals surface area (Å²) in [4.78, 5) is 4.20. The van der Waals surface area contributed by atoms with Crippen molar-refractivity contribution in [2.24, 2.45) is 5.92 Å². The highest BCUT2D eigenvalue weighted by Crippen LogP contribution is 2.09. The van der Waals surface area contributed by atoms with E-state index < -0.39 is 0 Å². The lowest BCUT2D eigenvalue weighted by molar-refractivity contribution is 0.297. The first-order valence-electron chi connectivity index (χ1n) is 6.50. The van der Waals surface area contributed by atoms with E-state index in [4.69, 9.17) is 4.74 Å². The molecule has 0 amide bonds. The number of nitrogens with one attached hydrogen (secondary N) is 1. The Balaban J connectivity index is 2.37. The van der Waals surface area contributed by atoms with Gasteiger partial charge in [-0.25, -0.2) is 4.98 Å². The SMILES string of the molecule is CCCCOc1cc(CNCC(C)C)ccn1. The minimum Gasteiger partial charge on any atom is -0.478 e. The van der Waals surface area contributed by atoms with Gasteiger partial charge in [0.15, 0.2) is 0 Å². The van der Waals surface area contributed by atoms with Crippen molar-refractivity contribution in [2.45, 2.75) is 40.2 Å². The van der Waals surface area contributed by atoms with Crippen LogP contribution in [0.4, 0.5) is 0 Å². The summed E-state index contributed by atoms with van der Waals surface area (Å²) in [6, 6.07) is 4.04. The molecule has 0 fully saturated rings. The number of rotatable bonds is 8. The van der Waals surface area contributed by atoms with E-state index >= 15 is 0 Å². The van der Waals surface area contributed by atoms with Crippen LogP contribution < -0.4 is 10.1 Å². The second kappa shape index (κ2) is 8.07. The zero-order valence-corrected chi connectivity index (χ0v) is 11.2. The Kier molecular flexibility index (Phi) is 6.63. The van der Waals surface area contributed by atoms with Crippen LogP contribution in [0.25, 0.3) is 0 Å². The molecule has 1 aromatic rings. The van der Waals surface area contributed by atoms with Gasteiger partial charge in [-0.05, 0) is 30.5 Å². The summed E-state index contributed by atoms with van der Waals surface area (Å²) < 4.78 is 5.58. The standard InChI is InChI=1S/C14H24N2O/c1-4-5-8-17-14-9-13(6-7-16-14)11-15-10-12(2)3/h6-7,9,12,15H,4-5,8,10-11H2,1-3H3. The number of unbranched alkanes of at least 4 members (excludes halogenated alkanes) is 1. The van der Waals surface area contributed by atoms with Crippen LogP contribution in [-0.4, -0.2) is 18.1 Å². The van der Waals surface area contributed by atoms with Crippen molar-refractivity contribution in [1.82, 2.24) is 10.3 Å². The molecule has 0 radical (unpaired) electrons. The predicted octanol–water partition coefficient (Wildman–Crippen LogP) is 3.01. The second-order valence-electron chi connectivity index (χ2n) is 4.73. The fourth-order valence-corrected chi connectivity index (χ4v) is 1.47. The number of hydrogen-bond acceptors (Lipinski definition) is 3. The molecule has 1 heterocycles. The quantitative estimate of drug-likeness (QED) is 0.705. The molecule has 0 unspecified atom stereocenters. The van der Waals surface area contributed by atoms with Crippen molar-refractivity contribution >= 4 is 0 Å². The lowest BCUT2D eigenvalue weighted by Crippen LogP contribution is -2.19. The van der Waals surface area contributed by atoms with Crippen molar-refractivity contribution in [2.75, 3.05) is 13.2 Å². The number of nitrogens with zero attached hydrogens (tertiary/aromatic N) is 1. The molecule has 1 N–H and O–H groups in total. The van der Waals surface area contributed by atoms with Gasteiger partial charge in [-0.1, -0.05) is 27.2 Å². The van der Waals surface area contributed by atoms with E-state index in [0.29, 0.717) is 5.92 Å². The van der Waals surface area contributed by atoms with Gasteiger partial charge in [0.25, 0.3) is 0 Å². The summed E-state index contributed by atoms with van der Waals surface area (Å²) in [6.07, 6.45) is 4.04. The van der Waals surface area contributed by atoms with Crippen LogP contribution in [0.3, 0.4) is 0 Å². The van der Waals surface area contributed by atoms with E-state index in [0.717, 1.165) is 38.4 Å². The van der Waals surface area contributed by atoms with Gasteiger partial charge < -0.3 is 10.1 Å². The van der Waals surface area contributed by atoms with Gasteiger partial charge in [0.05, 0.1) is 6.61 Å². The van der Waals surface area contributed by atoms with E-state index in [1.165, 1.54) is 5.56 Å². The molecule has 17 heavy (non-hydrogen) atoms. The molecular weight excluding hydrogens is 212 g/mol. The first-order chi connectivity index (χ1) is 8.22. The maximum Gasteiger partial charge on any atom is 0.213 e. The molecule has 0 aliphatic heterocycles. The molecule has 0 aliphatic rings. The third kappa shape index (κ3) is 6.27. The zero-order valence-electron chi connectivity index (χ0n) is 11.2. The number of aromatic nitrogens is 1. The molecule has 0 saturated heterocycles. The highest BCUT2D eigenvalue weighted by Gasteiger charge is 1.99. The normalized spacial score (nSPS) is 10.8. The van der Waals surface area contributed by atoms with E-state index in [2.05, 4.69) is 31.1 Å². The minimum absolute atomic E-state index is 0.678. The Hall–Kier alpha value is -1.09. The summed E-state index contributed by atoms with van der Waals surface area (Å²) in [6.45, 7) is 9.24. The van der Waals surface area contributed by atoms with E-state index in [1.807, 2.05) is 18.3 Å². The van der Waals surface area contributed by atoms with Crippen LogP contribution >= 0.6 is 0 Å². The highest BCUT2D eigenvalue weighted by molar-refractivity contribution is 5.20. The molecule has 0 saturated carbocycles. The molecule has 0 aromatic carbocycles. The van der Waals surface area contributed by atoms with Crippen LogP contribution in [-0.2, 0) is 6.54 Å². The Bertz CT molecular complexity index is 313. The zero-order chi connectivity index (χ0) is 12.5. The molecule has 0 spiro atoms. The Morgan fingerprint density at radius 3 is 2.94 bits per heavy atom. The molecule has 0 bridgehead atoms. The van der Waals surface area contributed by atoms with Crippen LogP contribution in [0.1, 0.15) is 39.2 Å². The summed E-state index contributed by atoms with van der Waals surface area (Å²) in [5, 5.41) is 3.41. The second-order valence-corrected chi connectivity index (χ2v) is 4.73. The van der Waals surface area contributed by atoms with Gasteiger partial charge in [-0.3, -0.25) is 0 Å². The maximum atomic E-state index is 5.58. The van der Waals surface area contributed by atoms with Gasteiger partial charge in [0, 0.05) is 18.8 Å². The first kappa shape index (κ1) is 14.0. The van der Waals surface area contributed by atoms with Crippen molar-refractivity contribution < 1.29 is 4.74 Å². The largest absolute Gasteiger partial charge is 0.478 e. The van der Waals surface area contributed by atoms with Gasteiger partial charge in [0.2, 0.25) is 5.88 Å². The lowest BCUT2D eigenvalue weighted by Gasteiger charge is -2.09. The predicted molar refractivity (Wildman–Crippen MR) is 71.2 cm³/mol. The van der Waals surface area contributed by atoms with E-state index in [1.54, 1.807) is 0 Å². The molecule has 0 atom stereocenters. The molecule has 1 rings (SSSR count). The average Bonchev–Trinajstić information content (AvgIpc) is 2.29. The molecule has 1 aromatic heterocycles. The van der Waals surface area contributed by atoms with Gasteiger partial charge in [-0.15, -0.1) is 0 Å². The van der Waals surface area contributed by atoms with Gasteiger partial charge >= 0.3 is 0 Å². The number of hydrogen-bond donors (Lipinski definition) is 1. The van der Waals surface area contributed by atoms with E-state index in [-0.39, 0.29) is 0 Å². The third-order valence-electron chi connectivity index (χ3n) is 2.43. The molecule has 96 valence electrons. The Labute approximate surface area is 105 Å². The molecular formula is C14H24N2O. The summed E-state index contributed by atoms with van der Waals surface area (Å²) in [5.74, 6) is 1.42. The smallest absolute Gasteiger partial charge is 0.213 e. The monoisotopic (exact) mass is 236 g/mol. The first-order valence-corrected chi connectivity index (χ1v) is 6.50. The Morgan fingerprint density at radius 2 is 2.24 bits per heavy atom. The summed E-state index contributed by atoms with van der Waals surface area (Å²) in [5.41, 5.74) is 1.23. The van der Waals surface area contributed by atoms with Crippen LogP contribution in [0, 0.1) is 5.92 Å². The lowest BCUT2D eigenvalue weighted by atomic mass is 10.2. The topological polar surface area (TPSA) is 34.1 Å². The van der Waals surface area contributed by atoms with Gasteiger partial charge in [0.1, 0.15) is 0 Å². The van der Waals surface area contributed by atoms with E-state index in [9.17, 15) is 0 Å². The van der Waals surface area contributed by atoms with Crippen LogP contribution in [0.2, 0.25) is 0 Å². The number of ether oxygens (including phenoxy) is 1. The van der Waals surface area contributed by atoms with Crippen molar-refractivity contribution in [3.8, 4) is 5.88 Å². The van der Waals surface area contributed by atoms with Crippen molar-refractivity contribution in [1.29, 1.82) is 0 Å². The summed E-state index contributed by atoms with van der Waals surface area (Å²) >= 11 is 0. The van der Waals surface area contributed by atoms with Crippen LogP contribution in [0.15, 0.2) is 18.3 Å². The third-order valence-corrected chi connectivity index (χ3v) is 2.43. The molecule has 3 nitrogen and oxygen atoms in total. The average molecular weight is 236 g/mol. The molecule has 0 aliphatic carbocycles. The number of pyridine rings is 1. The van der Waals surface area contributed by atoms with Crippen molar-refractivity contribution in [3.05, 3.63) is 23.9 Å². The van der Waals surface area contributed by atoms with Gasteiger partial charge in [-0.2, -0.15) is 0 Å². The van der Waals surface area contributed by atoms with Crippen molar-refractivity contribution in [3.63, 3.8) is 0 Å².